The number of carbonyl (C=O) groups is 2. The summed E-state index contributed by atoms with van der Waals surface area (Å²) in [5.74, 6) is -2.06. The van der Waals surface area contributed by atoms with Gasteiger partial charge in [-0.25, -0.2) is 0 Å². The fourth-order valence-corrected chi connectivity index (χ4v) is 4.22. The van der Waals surface area contributed by atoms with Crippen LogP contribution in [0.5, 0.6) is 0 Å². The average molecular weight is 428 g/mol. The third kappa shape index (κ3) is 4.30. The van der Waals surface area contributed by atoms with E-state index in [0.29, 0.717) is 0 Å². The zero-order valence-electron chi connectivity index (χ0n) is 15.6. The molecule has 10 heteroatoms. The summed E-state index contributed by atoms with van der Waals surface area (Å²) in [7, 11) is -9.75. The molecule has 0 bridgehead atoms. The topological polar surface area (TPSA) is 143 Å². The first-order valence-corrected chi connectivity index (χ1v) is 11.2. The van der Waals surface area contributed by atoms with Crippen LogP contribution in [0.1, 0.15) is 48.4 Å². The highest BCUT2D eigenvalue weighted by atomic mass is 32.2. The molecule has 0 heterocycles. The van der Waals surface area contributed by atoms with Crippen molar-refractivity contribution in [3.05, 3.63) is 35.4 Å². The Morgan fingerprint density at radius 2 is 0.964 bits per heavy atom. The Hall–Kier alpha value is -2.14. The fraction of sp³-hybridized carbons (Fsp3) is 0.333. The third-order valence-corrected chi connectivity index (χ3v) is 5.95. The number of carbonyl (C=O) groups excluding carboxylic acids is 2. The SMILES string of the molecule is CC(C)C(=O)c1cc(S(=O)(=O)O)c2cc(C(=O)C(C)C)cc(S(=O)(=O)O)c2c1. The molecule has 0 saturated carbocycles. The maximum Gasteiger partial charge on any atom is 0.295 e. The van der Waals surface area contributed by atoms with Crippen LogP contribution in [0.2, 0.25) is 0 Å². The second kappa shape index (κ2) is 7.36. The van der Waals surface area contributed by atoms with Crippen LogP contribution in [0.15, 0.2) is 34.1 Å². The van der Waals surface area contributed by atoms with Crippen molar-refractivity contribution < 1.29 is 35.5 Å². The minimum Gasteiger partial charge on any atom is -0.294 e. The van der Waals surface area contributed by atoms with E-state index in [1.165, 1.54) is 0 Å². The van der Waals surface area contributed by atoms with Crippen molar-refractivity contribution in [3.63, 3.8) is 0 Å². The van der Waals surface area contributed by atoms with Crippen molar-refractivity contribution in [2.75, 3.05) is 0 Å². The van der Waals surface area contributed by atoms with Crippen molar-refractivity contribution in [1.82, 2.24) is 0 Å². The summed E-state index contributed by atoms with van der Waals surface area (Å²) >= 11 is 0. The molecule has 0 atom stereocenters. The molecule has 28 heavy (non-hydrogen) atoms. The Bertz CT molecular complexity index is 1090. The minimum absolute atomic E-state index is 0.150. The predicted octanol–water partition coefficient (Wildman–Crippen LogP) is 3.01. The largest absolute Gasteiger partial charge is 0.295 e. The summed E-state index contributed by atoms with van der Waals surface area (Å²) in [5.41, 5.74) is -0.300. The molecule has 0 spiro atoms. The van der Waals surface area contributed by atoms with E-state index in [0.717, 1.165) is 24.3 Å². The van der Waals surface area contributed by atoms with E-state index in [9.17, 15) is 35.5 Å². The lowest BCUT2D eigenvalue weighted by Gasteiger charge is -2.14. The van der Waals surface area contributed by atoms with Gasteiger partial charge in [-0.3, -0.25) is 18.7 Å². The second-order valence-electron chi connectivity index (χ2n) is 7.03. The average Bonchev–Trinajstić information content (AvgIpc) is 2.56. The third-order valence-electron chi connectivity index (χ3n) is 4.17. The van der Waals surface area contributed by atoms with Gasteiger partial charge in [-0.15, -0.1) is 0 Å². The predicted molar refractivity (Wildman–Crippen MR) is 102 cm³/mol. The van der Waals surface area contributed by atoms with Crippen LogP contribution in [-0.2, 0) is 20.2 Å². The number of Topliss-reactive ketones (excluding diaryl/α,β-unsaturated/α-hetero) is 2. The summed E-state index contributed by atoms with van der Waals surface area (Å²) in [6.45, 7) is 6.25. The van der Waals surface area contributed by atoms with E-state index in [-0.39, 0.29) is 21.9 Å². The van der Waals surface area contributed by atoms with E-state index < -0.39 is 53.4 Å². The summed E-state index contributed by atoms with van der Waals surface area (Å²) < 4.78 is 66.9. The van der Waals surface area contributed by atoms with Crippen molar-refractivity contribution >= 4 is 42.6 Å². The van der Waals surface area contributed by atoms with Gasteiger partial charge in [-0.1, -0.05) is 27.7 Å². The summed E-state index contributed by atoms with van der Waals surface area (Å²) in [6, 6.07) is 4.10. The van der Waals surface area contributed by atoms with Gasteiger partial charge in [-0.05, 0) is 24.3 Å². The van der Waals surface area contributed by atoms with Crippen molar-refractivity contribution in [1.29, 1.82) is 0 Å². The molecule has 152 valence electrons. The van der Waals surface area contributed by atoms with Gasteiger partial charge >= 0.3 is 0 Å². The smallest absolute Gasteiger partial charge is 0.294 e. The number of benzene rings is 2. The van der Waals surface area contributed by atoms with Gasteiger partial charge in [0.2, 0.25) is 0 Å². The summed E-state index contributed by atoms with van der Waals surface area (Å²) in [4.78, 5) is 23.3. The standard InChI is InChI=1S/C18H20O8S2/c1-9(2)17(19)11-5-13-14(15(7-11)27(21,22)23)6-12(18(20)10(3)4)8-16(13)28(24,25)26/h5-10H,1-4H3,(H,21,22,23)(H,24,25,26). The molecule has 2 rings (SSSR count). The quantitative estimate of drug-likeness (QED) is 0.528. The minimum atomic E-state index is -4.88. The van der Waals surface area contributed by atoms with E-state index in [1.54, 1.807) is 27.7 Å². The lowest BCUT2D eigenvalue weighted by molar-refractivity contribution is 0.0931. The molecule has 0 saturated heterocycles. The monoisotopic (exact) mass is 428 g/mol. The van der Waals surface area contributed by atoms with Crippen LogP contribution < -0.4 is 0 Å². The lowest BCUT2D eigenvalue weighted by Crippen LogP contribution is -2.13. The van der Waals surface area contributed by atoms with Gasteiger partial charge in [0.05, 0.1) is 0 Å². The first-order valence-electron chi connectivity index (χ1n) is 8.29. The molecule has 0 aliphatic heterocycles. The molecule has 2 aromatic carbocycles. The molecular weight excluding hydrogens is 408 g/mol. The highest BCUT2D eigenvalue weighted by Crippen LogP contribution is 2.33. The Morgan fingerprint density at radius 1 is 0.679 bits per heavy atom. The molecule has 0 aromatic heterocycles. The van der Waals surface area contributed by atoms with Crippen LogP contribution in [0.25, 0.3) is 10.8 Å². The molecule has 0 aliphatic rings. The first kappa shape index (κ1) is 22.2. The maximum absolute atomic E-state index is 12.4. The fourth-order valence-electron chi connectivity index (χ4n) is 2.77. The number of rotatable bonds is 6. The van der Waals surface area contributed by atoms with E-state index in [4.69, 9.17) is 0 Å². The molecule has 2 N–H and O–H groups in total. The number of hydrogen-bond donors (Lipinski definition) is 2. The maximum atomic E-state index is 12.4. The molecule has 0 radical (unpaired) electrons. The van der Waals surface area contributed by atoms with E-state index in [2.05, 4.69) is 0 Å². The lowest BCUT2D eigenvalue weighted by atomic mass is 9.95. The van der Waals surface area contributed by atoms with Gasteiger partial charge in [0.1, 0.15) is 9.79 Å². The van der Waals surface area contributed by atoms with Crippen molar-refractivity contribution in [3.8, 4) is 0 Å². The van der Waals surface area contributed by atoms with Crippen LogP contribution in [-0.4, -0.2) is 37.5 Å². The Labute approximate surface area is 163 Å². The van der Waals surface area contributed by atoms with E-state index in [1.807, 2.05) is 0 Å². The van der Waals surface area contributed by atoms with Crippen molar-refractivity contribution in [2.24, 2.45) is 11.8 Å². The van der Waals surface area contributed by atoms with Gasteiger partial charge in [0, 0.05) is 33.7 Å². The first-order chi connectivity index (χ1) is 12.6. The number of ketones is 2. The Kier molecular flexibility index (Phi) is 5.82. The summed E-state index contributed by atoms with van der Waals surface area (Å²) in [5, 5.41) is -0.580. The molecule has 0 amide bonds. The van der Waals surface area contributed by atoms with Crippen LogP contribution >= 0.6 is 0 Å². The van der Waals surface area contributed by atoms with Gasteiger partial charge in [0.15, 0.2) is 11.6 Å². The Morgan fingerprint density at radius 3 is 1.18 bits per heavy atom. The highest BCUT2D eigenvalue weighted by molar-refractivity contribution is 7.86. The van der Waals surface area contributed by atoms with Gasteiger partial charge in [0.25, 0.3) is 20.2 Å². The molecule has 0 fully saturated rings. The Balaban J connectivity index is 3.12. The molecule has 8 nitrogen and oxygen atoms in total. The normalized spacial score (nSPS) is 12.7. The van der Waals surface area contributed by atoms with Gasteiger partial charge in [-0.2, -0.15) is 16.8 Å². The van der Waals surface area contributed by atoms with Crippen LogP contribution in [0.4, 0.5) is 0 Å². The van der Waals surface area contributed by atoms with E-state index >= 15 is 0 Å². The second-order valence-corrected chi connectivity index (χ2v) is 9.81. The van der Waals surface area contributed by atoms with Crippen LogP contribution in [0, 0.1) is 11.8 Å². The van der Waals surface area contributed by atoms with Crippen LogP contribution in [0.3, 0.4) is 0 Å². The number of fused-ring (bicyclic) bond motifs is 1. The zero-order chi connectivity index (χ0) is 21.6. The number of hydrogen-bond acceptors (Lipinski definition) is 6. The van der Waals surface area contributed by atoms with Crippen molar-refractivity contribution in [2.45, 2.75) is 37.5 Å². The molecule has 0 aliphatic carbocycles. The molecular formula is C18H20O8S2. The molecule has 0 unspecified atom stereocenters. The molecule has 2 aromatic rings. The summed E-state index contributed by atoms with van der Waals surface area (Å²) in [6.07, 6.45) is 0. The zero-order valence-corrected chi connectivity index (χ0v) is 17.3. The van der Waals surface area contributed by atoms with Gasteiger partial charge < -0.3 is 0 Å². The highest BCUT2D eigenvalue weighted by Gasteiger charge is 2.26.